The van der Waals surface area contributed by atoms with Crippen molar-refractivity contribution in [1.29, 1.82) is 0 Å². The van der Waals surface area contributed by atoms with Gasteiger partial charge in [0.25, 0.3) is 0 Å². The van der Waals surface area contributed by atoms with Crippen LogP contribution in [0.15, 0.2) is 0 Å². The van der Waals surface area contributed by atoms with Gasteiger partial charge in [0.15, 0.2) is 0 Å². The molecule has 0 saturated carbocycles. The molecule has 0 unspecified atom stereocenters. The maximum absolute atomic E-state index is 0. The van der Waals surface area contributed by atoms with Crippen LogP contribution in [0.2, 0.25) is 0 Å². The van der Waals surface area contributed by atoms with Gasteiger partial charge in [-0.3, -0.25) is 0 Å². The van der Waals surface area contributed by atoms with Crippen molar-refractivity contribution in [3.8, 4) is 0 Å². The summed E-state index contributed by atoms with van der Waals surface area (Å²) in [6.07, 6.45) is 0. The van der Waals surface area contributed by atoms with E-state index in [1.165, 1.54) is 0 Å². The Hall–Kier alpha value is 3.03. The van der Waals surface area contributed by atoms with Crippen LogP contribution < -0.4 is 88.6 Å². The average molecular weight is 201 g/mol. The second kappa shape index (κ2) is 27.9. The van der Waals surface area contributed by atoms with Crippen molar-refractivity contribution in [3.63, 3.8) is 0 Å². The van der Waals surface area contributed by atoms with Crippen LogP contribution in [-0.4, -0.2) is 0 Å². The van der Waals surface area contributed by atoms with E-state index in [1.54, 1.807) is 0 Å². The molecule has 0 amide bonds. The molecule has 0 aromatic heterocycles. The molecule has 0 saturated heterocycles. The summed E-state index contributed by atoms with van der Waals surface area (Å²) in [7, 11) is 0. The minimum absolute atomic E-state index is 0. The molecule has 0 aliphatic rings. The van der Waals surface area contributed by atoms with Gasteiger partial charge in [-0.1, -0.05) is 0 Å². The molecule has 0 bridgehead atoms. The van der Waals surface area contributed by atoms with Crippen LogP contribution in [0, 0.1) is 0 Å². The maximum atomic E-state index is 0. The van der Waals surface area contributed by atoms with E-state index in [0.717, 1.165) is 0 Å². The van der Waals surface area contributed by atoms with E-state index in [1.807, 2.05) is 0 Å². The molecule has 0 aliphatic carbocycles. The summed E-state index contributed by atoms with van der Waals surface area (Å²) < 4.78 is 0. The van der Waals surface area contributed by atoms with Crippen LogP contribution in [-0.2, 0) is 17.1 Å². The topological polar surface area (TPSA) is 0 Å². The Kier molecular flexibility index (Phi) is 241. The molecule has 0 spiro atoms. The Morgan fingerprint density at radius 2 is 0.600 bits per heavy atom. The molecule has 0 heterocycles. The van der Waals surface area contributed by atoms with Crippen LogP contribution in [0.5, 0.6) is 0 Å². The fraction of sp³-hybridized carbons (Fsp3) is 0. The SMILES string of the molecule is [Cl-].[Cl-].[Cl-].[Fe+2].[K+]. The van der Waals surface area contributed by atoms with E-state index in [2.05, 4.69) is 0 Å². The van der Waals surface area contributed by atoms with E-state index in [0.29, 0.717) is 0 Å². The fourth-order valence-electron chi connectivity index (χ4n) is 0. The zero-order valence-corrected chi connectivity index (χ0v) is 8.98. The molecular weight excluding hydrogens is 201 g/mol. The third kappa shape index (κ3) is 19.4. The van der Waals surface area contributed by atoms with Crippen molar-refractivity contribution in [2.45, 2.75) is 0 Å². The summed E-state index contributed by atoms with van der Waals surface area (Å²) in [6.45, 7) is 0. The average Bonchev–Trinajstić information content (AvgIpc) is 0. The predicted octanol–water partition coefficient (Wildman–Crippen LogP) is -12.0. The van der Waals surface area contributed by atoms with Gasteiger partial charge in [-0.15, -0.1) is 0 Å². The predicted molar refractivity (Wildman–Crippen MR) is 0 cm³/mol. The van der Waals surface area contributed by atoms with E-state index in [-0.39, 0.29) is 106 Å². The van der Waals surface area contributed by atoms with Crippen molar-refractivity contribution in [1.82, 2.24) is 0 Å². The third-order valence-corrected chi connectivity index (χ3v) is 0. The van der Waals surface area contributed by atoms with Gasteiger partial charge in [0.1, 0.15) is 0 Å². The molecule has 5 heavy (non-hydrogen) atoms. The maximum Gasteiger partial charge on any atom is 2.00 e. The summed E-state index contributed by atoms with van der Waals surface area (Å²) >= 11 is 0. The van der Waals surface area contributed by atoms with Gasteiger partial charge in [-0.05, 0) is 0 Å². The molecule has 0 radical (unpaired) electrons. The van der Waals surface area contributed by atoms with Crippen LogP contribution in [0.3, 0.4) is 0 Å². The molecule has 0 aromatic carbocycles. The largest absolute Gasteiger partial charge is 2.00 e. The van der Waals surface area contributed by atoms with Gasteiger partial charge < -0.3 is 37.2 Å². The molecule has 0 atom stereocenters. The van der Waals surface area contributed by atoms with Crippen molar-refractivity contribution in [2.24, 2.45) is 0 Å². The monoisotopic (exact) mass is 200 g/mol. The van der Waals surface area contributed by atoms with Crippen LogP contribution >= 0.6 is 0 Å². The van der Waals surface area contributed by atoms with E-state index >= 15 is 0 Å². The number of hydrogen-bond acceptors (Lipinski definition) is 0. The van der Waals surface area contributed by atoms with Gasteiger partial charge in [0.05, 0.1) is 0 Å². The number of halogens is 3. The molecule has 5 heteroatoms. The minimum atomic E-state index is 0. The zero-order chi connectivity index (χ0) is 0. The smallest absolute Gasteiger partial charge is 1.00 e. The van der Waals surface area contributed by atoms with Crippen molar-refractivity contribution in [2.75, 3.05) is 0 Å². The molecule has 0 aromatic rings. The Morgan fingerprint density at radius 3 is 0.600 bits per heavy atom. The van der Waals surface area contributed by atoms with E-state index in [4.69, 9.17) is 0 Å². The Bertz CT molecular complexity index is 6.85. The first-order valence-electron chi connectivity index (χ1n) is 0. The molecule has 0 aliphatic heterocycles. The Balaban J connectivity index is 0. The first kappa shape index (κ1) is 43.3. The Labute approximate surface area is 103 Å². The first-order chi connectivity index (χ1) is 0. The van der Waals surface area contributed by atoms with E-state index < -0.39 is 0 Å². The van der Waals surface area contributed by atoms with Gasteiger partial charge in [0, 0.05) is 0 Å². The molecular formula is Cl3FeK. The third-order valence-electron chi connectivity index (χ3n) is 0. The number of hydrogen-bond donors (Lipinski definition) is 0. The quantitative estimate of drug-likeness (QED) is 0.342. The van der Waals surface area contributed by atoms with Gasteiger partial charge in [-0.2, -0.15) is 0 Å². The fourth-order valence-corrected chi connectivity index (χ4v) is 0. The first-order valence-corrected chi connectivity index (χ1v) is 0. The van der Waals surface area contributed by atoms with Gasteiger partial charge >= 0.3 is 68.5 Å². The summed E-state index contributed by atoms with van der Waals surface area (Å²) in [5.41, 5.74) is 0. The molecule has 0 N–H and O–H groups in total. The molecule has 0 rings (SSSR count). The van der Waals surface area contributed by atoms with E-state index in [9.17, 15) is 0 Å². The Morgan fingerprint density at radius 1 is 0.600 bits per heavy atom. The molecule has 30 valence electrons. The minimum Gasteiger partial charge on any atom is -1.00 e. The second-order valence-corrected chi connectivity index (χ2v) is 0. The molecule has 0 nitrogen and oxygen atoms in total. The molecule has 0 fully saturated rings. The van der Waals surface area contributed by atoms with Crippen LogP contribution in [0.1, 0.15) is 0 Å². The van der Waals surface area contributed by atoms with Gasteiger partial charge in [-0.25, -0.2) is 0 Å². The summed E-state index contributed by atoms with van der Waals surface area (Å²) in [5, 5.41) is 0. The van der Waals surface area contributed by atoms with Crippen molar-refractivity contribution < 1.29 is 106 Å². The number of rotatable bonds is 0. The van der Waals surface area contributed by atoms with Crippen molar-refractivity contribution >= 4 is 0 Å². The standard InChI is InChI=1S/3ClH.Fe.K/h3*1H;;/q;;;+2;+1/p-3. The zero-order valence-electron chi connectivity index (χ0n) is 2.49. The second-order valence-electron chi connectivity index (χ2n) is 0. The van der Waals surface area contributed by atoms with Crippen LogP contribution in [0.4, 0.5) is 0 Å². The van der Waals surface area contributed by atoms with Gasteiger partial charge in [0.2, 0.25) is 0 Å². The summed E-state index contributed by atoms with van der Waals surface area (Å²) in [6, 6.07) is 0. The summed E-state index contributed by atoms with van der Waals surface area (Å²) in [5.74, 6) is 0. The van der Waals surface area contributed by atoms with Crippen LogP contribution in [0.25, 0.3) is 0 Å². The van der Waals surface area contributed by atoms with Crippen molar-refractivity contribution in [3.05, 3.63) is 0 Å². The normalized spacial score (nSPS) is 0. The summed E-state index contributed by atoms with van der Waals surface area (Å²) in [4.78, 5) is 0.